The van der Waals surface area contributed by atoms with Crippen LogP contribution in [0.2, 0.25) is 5.02 Å². The van der Waals surface area contributed by atoms with Crippen LogP contribution in [0, 0.1) is 6.92 Å². The molecule has 0 fully saturated rings. The van der Waals surface area contributed by atoms with E-state index in [0.29, 0.717) is 5.02 Å². The molecule has 4 aromatic rings. The number of aromatic nitrogens is 1. The molecule has 0 spiro atoms. The SMILES string of the molecule is Cc1ccc(S(=O)(=O)OC[C@@H](O)[C@H](c2cccc(Cl)c2)n2ccc3ccccc32)cc1. The number of rotatable bonds is 7. The minimum Gasteiger partial charge on any atom is -0.388 e. The van der Waals surface area contributed by atoms with Gasteiger partial charge in [0, 0.05) is 16.7 Å². The van der Waals surface area contributed by atoms with E-state index in [-0.39, 0.29) is 4.90 Å². The molecule has 3 aromatic carbocycles. The summed E-state index contributed by atoms with van der Waals surface area (Å²) in [7, 11) is -4.00. The molecule has 5 nitrogen and oxygen atoms in total. The molecule has 0 bridgehead atoms. The number of para-hydroxylation sites is 1. The van der Waals surface area contributed by atoms with Crippen LogP contribution in [-0.2, 0) is 14.3 Å². The van der Waals surface area contributed by atoms with Crippen LogP contribution < -0.4 is 0 Å². The van der Waals surface area contributed by atoms with Crippen molar-refractivity contribution in [2.45, 2.75) is 24.0 Å². The van der Waals surface area contributed by atoms with E-state index in [4.69, 9.17) is 15.8 Å². The van der Waals surface area contributed by atoms with Crippen molar-refractivity contribution in [2.24, 2.45) is 0 Å². The molecule has 7 heteroatoms. The van der Waals surface area contributed by atoms with Crippen molar-refractivity contribution in [3.05, 3.63) is 101 Å². The molecule has 4 rings (SSSR count). The first-order valence-electron chi connectivity index (χ1n) is 9.80. The van der Waals surface area contributed by atoms with E-state index in [2.05, 4.69) is 0 Å². The summed E-state index contributed by atoms with van der Waals surface area (Å²) in [4.78, 5) is 0.0519. The maximum atomic E-state index is 12.6. The lowest BCUT2D eigenvalue weighted by Gasteiger charge is -2.26. The molecule has 160 valence electrons. The van der Waals surface area contributed by atoms with Crippen LogP contribution in [0.15, 0.2) is 90.0 Å². The zero-order chi connectivity index (χ0) is 22.0. The summed E-state index contributed by atoms with van der Waals surface area (Å²) >= 11 is 6.20. The fourth-order valence-electron chi connectivity index (χ4n) is 3.63. The molecule has 0 aliphatic carbocycles. The monoisotopic (exact) mass is 455 g/mol. The molecule has 2 atom stereocenters. The Balaban J connectivity index is 1.66. The van der Waals surface area contributed by atoms with E-state index in [1.165, 1.54) is 12.1 Å². The van der Waals surface area contributed by atoms with Crippen molar-refractivity contribution in [2.75, 3.05) is 6.61 Å². The highest BCUT2D eigenvalue weighted by molar-refractivity contribution is 7.86. The first kappa shape index (κ1) is 21.6. The van der Waals surface area contributed by atoms with Gasteiger partial charge < -0.3 is 9.67 Å². The molecule has 0 aliphatic heterocycles. The van der Waals surface area contributed by atoms with Crippen LogP contribution >= 0.6 is 11.6 Å². The van der Waals surface area contributed by atoms with Gasteiger partial charge >= 0.3 is 0 Å². The molecule has 1 aromatic heterocycles. The lowest BCUT2D eigenvalue weighted by atomic mass is 10.0. The Labute approximate surface area is 186 Å². The molecule has 1 heterocycles. The summed E-state index contributed by atoms with van der Waals surface area (Å²) in [6.45, 7) is 1.47. The number of aryl methyl sites for hydroxylation is 1. The largest absolute Gasteiger partial charge is 0.388 e. The molecule has 31 heavy (non-hydrogen) atoms. The first-order chi connectivity index (χ1) is 14.8. The van der Waals surface area contributed by atoms with Gasteiger partial charge in [-0.15, -0.1) is 0 Å². The van der Waals surface area contributed by atoms with Gasteiger partial charge in [0.15, 0.2) is 0 Å². The Hall–Kier alpha value is -2.64. The highest BCUT2D eigenvalue weighted by Gasteiger charge is 2.27. The molecule has 0 amide bonds. The van der Waals surface area contributed by atoms with Crippen molar-refractivity contribution >= 4 is 32.6 Å². The standard InChI is InChI=1S/C24H22ClNO4S/c1-17-9-11-21(12-10-17)31(28,29)30-16-23(27)24(19-6-4-7-20(25)15-19)26-14-13-18-5-2-3-8-22(18)26/h2-15,23-24,27H,16H2,1H3/t23-,24+/m1/s1. The van der Waals surface area contributed by atoms with Crippen molar-refractivity contribution in [1.29, 1.82) is 0 Å². The minimum atomic E-state index is -4.00. The van der Waals surface area contributed by atoms with Crippen LogP contribution in [0.5, 0.6) is 0 Å². The maximum absolute atomic E-state index is 12.6. The van der Waals surface area contributed by atoms with Gasteiger partial charge in [0.25, 0.3) is 10.1 Å². The number of aliphatic hydroxyl groups excluding tert-OH is 1. The van der Waals surface area contributed by atoms with Crippen LogP contribution in [0.3, 0.4) is 0 Å². The maximum Gasteiger partial charge on any atom is 0.297 e. The van der Waals surface area contributed by atoms with E-state index in [1.54, 1.807) is 30.3 Å². The number of fused-ring (bicyclic) bond motifs is 1. The fourth-order valence-corrected chi connectivity index (χ4v) is 4.75. The Bertz CT molecular complexity index is 1300. The summed E-state index contributed by atoms with van der Waals surface area (Å²) in [6.07, 6.45) is 0.725. The predicted octanol–water partition coefficient (Wildman–Crippen LogP) is 4.96. The van der Waals surface area contributed by atoms with E-state index in [1.807, 2.05) is 54.1 Å². The summed E-state index contributed by atoms with van der Waals surface area (Å²) < 4.78 is 32.3. The number of hydrogen-bond acceptors (Lipinski definition) is 4. The van der Waals surface area contributed by atoms with Gasteiger partial charge in [0.2, 0.25) is 0 Å². The smallest absolute Gasteiger partial charge is 0.297 e. The van der Waals surface area contributed by atoms with Gasteiger partial charge in [0.05, 0.1) is 17.5 Å². The summed E-state index contributed by atoms with van der Waals surface area (Å²) in [5.41, 5.74) is 2.60. The van der Waals surface area contributed by atoms with Gasteiger partial charge in [0.1, 0.15) is 6.10 Å². The fraction of sp³-hybridized carbons (Fsp3) is 0.167. The number of aliphatic hydroxyl groups is 1. The Morgan fingerprint density at radius 1 is 1.00 bits per heavy atom. The third kappa shape index (κ3) is 4.67. The zero-order valence-corrected chi connectivity index (χ0v) is 18.4. The molecular weight excluding hydrogens is 434 g/mol. The summed E-state index contributed by atoms with van der Waals surface area (Å²) in [5, 5.41) is 12.6. The Kier molecular flexibility index (Phi) is 6.16. The van der Waals surface area contributed by atoms with E-state index in [9.17, 15) is 13.5 Å². The lowest BCUT2D eigenvalue weighted by molar-refractivity contribution is 0.0785. The molecule has 0 radical (unpaired) electrons. The molecule has 0 unspecified atom stereocenters. The summed E-state index contributed by atoms with van der Waals surface area (Å²) in [6, 6.07) is 22.7. The van der Waals surface area contributed by atoms with Crippen molar-refractivity contribution < 1.29 is 17.7 Å². The van der Waals surface area contributed by atoms with Crippen LogP contribution in [-0.4, -0.2) is 30.8 Å². The highest BCUT2D eigenvalue weighted by atomic mass is 35.5. The van der Waals surface area contributed by atoms with Crippen LogP contribution in [0.1, 0.15) is 17.2 Å². The van der Waals surface area contributed by atoms with Gasteiger partial charge in [-0.2, -0.15) is 8.42 Å². The van der Waals surface area contributed by atoms with Crippen molar-refractivity contribution in [3.63, 3.8) is 0 Å². The van der Waals surface area contributed by atoms with Gasteiger partial charge in [-0.3, -0.25) is 4.18 Å². The zero-order valence-electron chi connectivity index (χ0n) is 16.9. The molecule has 0 saturated heterocycles. The van der Waals surface area contributed by atoms with Crippen LogP contribution in [0.4, 0.5) is 0 Å². The van der Waals surface area contributed by atoms with Crippen molar-refractivity contribution in [1.82, 2.24) is 4.57 Å². The van der Waals surface area contributed by atoms with Crippen molar-refractivity contribution in [3.8, 4) is 0 Å². The minimum absolute atomic E-state index is 0.0519. The molecular formula is C24H22ClNO4S. The normalized spacial score (nSPS) is 13.9. The Morgan fingerprint density at radius 2 is 1.74 bits per heavy atom. The molecule has 0 aliphatic rings. The van der Waals surface area contributed by atoms with E-state index in [0.717, 1.165) is 22.0 Å². The van der Waals surface area contributed by atoms with Gasteiger partial charge in [-0.05, 0) is 54.3 Å². The van der Waals surface area contributed by atoms with Crippen LogP contribution in [0.25, 0.3) is 10.9 Å². The quantitative estimate of drug-likeness (QED) is 0.400. The highest BCUT2D eigenvalue weighted by Crippen LogP contribution is 2.30. The lowest BCUT2D eigenvalue weighted by Crippen LogP contribution is -2.30. The second kappa shape index (κ2) is 8.85. The first-order valence-corrected chi connectivity index (χ1v) is 11.6. The van der Waals surface area contributed by atoms with E-state index < -0.39 is 28.9 Å². The van der Waals surface area contributed by atoms with Gasteiger partial charge in [-0.1, -0.05) is 59.6 Å². The number of hydrogen-bond donors (Lipinski definition) is 1. The summed E-state index contributed by atoms with van der Waals surface area (Å²) in [5.74, 6) is 0. The van der Waals surface area contributed by atoms with Gasteiger partial charge in [-0.25, -0.2) is 0 Å². The second-order valence-corrected chi connectivity index (χ2v) is 9.45. The number of nitrogens with zero attached hydrogens (tertiary/aromatic N) is 1. The Morgan fingerprint density at radius 3 is 2.48 bits per heavy atom. The molecule has 1 N–H and O–H groups in total. The average molecular weight is 456 g/mol. The number of benzene rings is 3. The number of halogens is 1. The average Bonchev–Trinajstić information content (AvgIpc) is 3.17. The predicted molar refractivity (Wildman–Crippen MR) is 122 cm³/mol. The third-order valence-corrected chi connectivity index (χ3v) is 6.72. The third-order valence-electron chi connectivity index (χ3n) is 5.19. The second-order valence-electron chi connectivity index (χ2n) is 7.40. The molecule has 0 saturated carbocycles. The van der Waals surface area contributed by atoms with E-state index >= 15 is 0 Å². The topological polar surface area (TPSA) is 68.5 Å².